The summed E-state index contributed by atoms with van der Waals surface area (Å²) in [7, 11) is 0. The summed E-state index contributed by atoms with van der Waals surface area (Å²) in [5, 5.41) is 5.97. The predicted octanol–water partition coefficient (Wildman–Crippen LogP) is 3.77. The number of halogens is 2. The number of carbonyl (C=O) groups excluding carboxylic acids is 2. The number of rotatable bonds is 6. The molecule has 0 aliphatic rings. The molecule has 1 heterocycles. The molecule has 2 aromatic carbocycles. The molecule has 0 spiro atoms. The summed E-state index contributed by atoms with van der Waals surface area (Å²) in [6, 6.07) is 11.1. The minimum atomic E-state index is -1.51. The van der Waals surface area contributed by atoms with Crippen LogP contribution in [0.3, 0.4) is 0 Å². The Morgan fingerprint density at radius 3 is 2.39 bits per heavy atom. The van der Waals surface area contributed by atoms with Crippen LogP contribution >= 0.6 is 0 Å². The predicted molar refractivity (Wildman–Crippen MR) is 104 cm³/mol. The molecule has 3 rings (SSSR count). The van der Waals surface area contributed by atoms with Crippen LogP contribution in [-0.2, 0) is 16.0 Å². The summed E-state index contributed by atoms with van der Waals surface area (Å²) in [5.74, 6) is -3.12. The van der Waals surface area contributed by atoms with Crippen molar-refractivity contribution in [2.45, 2.75) is 20.3 Å². The monoisotopic (exact) mass is 385 g/mol. The SMILES string of the molecule is CC(C)(C(=O)NCCc1c[nH]c2ccccc12)C(=O)Nc1c(F)cccc1F. The van der Waals surface area contributed by atoms with E-state index in [2.05, 4.69) is 15.6 Å². The van der Waals surface area contributed by atoms with Crippen LogP contribution in [0.5, 0.6) is 0 Å². The Kier molecular flexibility index (Phi) is 5.44. The van der Waals surface area contributed by atoms with E-state index in [0.717, 1.165) is 28.6 Å². The van der Waals surface area contributed by atoms with Gasteiger partial charge in [-0.3, -0.25) is 9.59 Å². The van der Waals surface area contributed by atoms with Gasteiger partial charge in [-0.2, -0.15) is 0 Å². The maximum atomic E-state index is 13.7. The highest BCUT2D eigenvalue weighted by atomic mass is 19.1. The van der Waals surface area contributed by atoms with Crippen molar-refractivity contribution >= 4 is 28.4 Å². The molecule has 0 fully saturated rings. The maximum absolute atomic E-state index is 13.7. The summed E-state index contributed by atoms with van der Waals surface area (Å²) in [6.45, 7) is 3.13. The fourth-order valence-electron chi connectivity index (χ4n) is 2.86. The number of aromatic amines is 1. The Morgan fingerprint density at radius 2 is 1.68 bits per heavy atom. The quantitative estimate of drug-likeness (QED) is 0.565. The normalized spacial score (nSPS) is 11.4. The molecule has 0 radical (unpaired) electrons. The van der Waals surface area contributed by atoms with Gasteiger partial charge in [0.15, 0.2) is 0 Å². The molecule has 2 amide bonds. The second-order valence-corrected chi connectivity index (χ2v) is 7.04. The van der Waals surface area contributed by atoms with Gasteiger partial charge in [0.2, 0.25) is 11.8 Å². The lowest BCUT2D eigenvalue weighted by molar-refractivity contribution is -0.138. The smallest absolute Gasteiger partial charge is 0.239 e. The summed E-state index contributed by atoms with van der Waals surface area (Å²) in [5.41, 5.74) is -0.0104. The first-order valence-electron chi connectivity index (χ1n) is 8.89. The molecule has 0 bridgehead atoms. The number of hydrogen-bond donors (Lipinski definition) is 3. The molecule has 0 saturated carbocycles. The Hall–Kier alpha value is -3.22. The van der Waals surface area contributed by atoms with Crippen LogP contribution in [0.1, 0.15) is 19.4 Å². The van der Waals surface area contributed by atoms with Crippen LogP contribution in [0, 0.1) is 17.0 Å². The molecule has 28 heavy (non-hydrogen) atoms. The van der Waals surface area contributed by atoms with Gasteiger partial charge >= 0.3 is 0 Å². The van der Waals surface area contributed by atoms with E-state index in [1.807, 2.05) is 30.5 Å². The van der Waals surface area contributed by atoms with E-state index in [4.69, 9.17) is 0 Å². The zero-order valence-corrected chi connectivity index (χ0v) is 15.6. The molecule has 7 heteroatoms. The van der Waals surface area contributed by atoms with Crippen molar-refractivity contribution < 1.29 is 18.4 Å². The Bertz CT molecular complexity index is 1010. The van der Waals surface area contributed by atoms with Gasteiger partial charge in [-0.25, -0.2) is 8.78 Å². The highest BCUT2D eigenvalue weighted by Gasteiger charge is 2.36. The number of para-hydroxylation sites is 2. The average Bonchev–Trinajstić information content (AvgIpc) is 3.07. The van der Waals surface area contributed by atoms with Crippen LogP contribution in [0.25, 0.3) is 10.9 Å². The Morgan fingerprint density at radius 1 is 1.00 bits per heavy atom. The molecular formula is C21H21F2N3O2. The number of anilines is 1. The number of H-pyrrole nitrogens is 1. The first-order chi connectivity index (χ1) is 13.3. The minimum Gasteiger partial charge on any atom is -0.361 e. The first-order valence-corrected chi connectivity index (χ1v) is 8.89. The molecule has 5 nitrogen and oxygen atoms in total. The summed E-state index contributed by atoms with van der Waals surface area (Å²) >= 11 is 0. The van der Waals surface area contributed by atoms with Crippen LogP contribution in [-0.4, -0.2) is 23.3 Å². The van der Waals surface area contributed by atoms with Crippen molar-refractivity contribution in [3.8, 4) is 0 Å². The zero-order valence-electron chi connectivity index (χ0n) is 15.6. The van der Waals surface area contributed by atoms with E-state index < -0.39 is 34.6 Å². The van der Waals surface area contributed by atoms with Crippen molar-refractivity contribution in [1.82, 2.24) is 10.3 Å². The van der Waals surface area contributed by atoms with Gasteiger partial charge < -0.3 is 15.6 Å². The molecule has 0 aliphatic carbocycles. The lowest BCUT2D eigenvalue weighted by Crippen LogP contribution is -2.45. The number of hydrogen-bond acceptors (Lipinski definition) is 2. The van der Waals surface area contributed by atoms with Gasteiger partial charge in [-0.1, -0.05) is 24.3 Å². The van der Waals surface area contributed by atoms with Gasteiger partial charge in [0.05, 0.1) is 0 Å². The highest BCUT2D eigenvalue weighted by molar-refractivity contribution is 6.09. The fraction of sp³-hybridized carbons (Fsp3) is 0.238. The van der Waals surface area contributed by atoms with E-state index in [1.165, 1.54) is 19.9 Å². The van der Waals surface area contributed by atoms with E-state index in [0.29, 0.717) is 13.0 Å². The molecular weight excluding hydrogens is 364 g/mol. The van der Waals surface area contributed by atoms with E-state index in [-0.39, 0.29) is 0 Å². The summed E-state index contributed by atoms with van der Waals surface area (Å²) in [6.07, 6.45) is 2.46. The van der Waals surface area contributed by atoms with Crippen LogP contribution in [0.4, 0.5) is 14.5 Å². The average molecular weight is 385 g/mol. The van der Waals surface area contributed by atoms with Crippen molar-refractivity contribution in [3.05, 3.63) is 65.9 Å². The topological polar surface area (TPSA) is 74.0 Å². The molecule has 0 unspecified atom stereocenters. The first kappa shape index (κ1) is 19.5. The lowest BCUT2D eigenvalue weighted by atomic mass is 9.90. The van der Waals surface area contributed by atoms with Gasteiger partial charge in [-0.15, -0.1) is 0 Å². The molecule has 3 N–H and O–H groups in total. The summed E-state index contributed by atoms with van der Waals surface area (Å²) < 4.78 is 27.5. The van der Waals surface area contributed by atoms with Gasteiger partial charge in [0.1, 0.15) is 22.7 Å². The third-order valence-corrected chi connectivity index (χ3v) is 4.69. The van der Waals surface area contributed by atoms with Crippen LogP contribution in [0.2, 0.25) is 0 Å². The number of aromatic nitrogens is 1. The third-order valence-electron chi connectivity index (χ3n) is 4.69. The number of amides is 2. The molecule has 146 valence electrons. The van der Waals surface area contributed by atoms with Gasteiger partial charge in [-0.05, 0) is 44.0 Å². The van der Waals surface area contributed by atoms with Gasteiger partial charge in [0.25, 0.3) is 0 Å². The van der Waals surface area contributed by atoms with Crippen LogP contribution < -0.4 is 10.6 Å². The zero-order chi connectivity index (χ0) is 20.3. The van der Waals surface area contributed by atoms with Crippen LogP contribution in [0.15, 0.2) is 48.7 Å². The van der Waals surface area contributed by atoms with Crippen molar-refractivity contribution in [2.75, 3.05) is 11.9 Å². The van der Waals surface area contributed by atoms with E-state index in [9.17, 15) is 18.4 Å². The molecule has 0 aliphatic heterocycles. The van der Waals surface area contributed by atoms with E-state index in [1.54, 1.807) is 0 Å². The number of carbonyl (C=O) groups is 2. The molecule has 0 saturated heterocycles. The second kappa shape index (κ2) is 7.80. The summed E-state index contributed by atoms with van der Waals surface area (Å²) in [4.78, 5) is 28.1. The van der Waals surface area contributed by atoms with Crippen molar-refractivity contribution in [3.63, 3.8) is 0 Å². The standard InChI is InChI=1S/C21H21F2N3O2/c1-21(2,20(28)26-18-15(22)7-5-8-16(18)23)19(27)24-11-10-13-12-25-17-9-4-3-6-14(13)17/h3-9,12,25H,10-11H2,1-2H3,(H,24,27)(H,26,28). The maximum Gasteiger partial charge on any atom is 0.239 e. The molecule has 1 aromatic heterocycles. The molecule has 0 atom stereocenters. The Labute approximate surface area is 161 Å². The number of nitrogens with one attached hydrogen (secondary N) is 3. The van der Waals surface area contributed by atoms with Crippen molar-refractivity contribution in [1.29, 1.82) is 0 Å². The fourth-order valence-corrected chi connectivity index (χ4v) is 2.86. The lowest BCUT2D eigenvalue weighted by Gasteiger charge is -2.23. The van der Waals surface area contributed by atoms with Gasteiger partial charge in [0, 0.05) is 23.6 Å². The highest BCUT2D eigenvalue weighted by Crippen LogP contribution is 2.23. The minimum absolute atomic E-state index is 0.325. The molecule has 3 aromatic rings. The number of fused-ring (bicyclic) bond motifs is 1. The third kappa shape index (κ3) is 3.88. The number of benzene rings is 2. The van der Waals surface area contributed by atoms with Crippen molar-refractivity contribution in [2.24, 2.45) is 5.41 Å². The Balaban J connectivity index is 1.61. The van der Waals surface area contributed by atoms with E-state index >= 15 is 0 Å². The largest absolute Gasteiger partial charge is 0.361 e. The second-order valence-electron chi connectivity index (χ2n) is 7.04.